The molecule has 98 valence electrons. The molecule has 0 atom stereocenters. The Labute approximate surface area is 104 Å². The Hall–Kier alpha value is 0.841. The van der Waals surface area contributed by atoms with Crippen molar-refractivity contribution in [3.63, 3.8) is 0 Å². The maximum absolute atomic E-state index is 6.15. The van der Waals surface area contributed by atoms with Crippen LogP contribution in [-0.4, -0.2) is 38.2 Å². The molecular weight excluding hydrogens is 276 g/mol. The smallest absolute Gasteiger partial charge is 0.347 e. The summed E-state index contributed by atoms with van der Waals surface area (Å²) in [6.07, 6.45) is 4.03. The van der Waals surface area contributed by atoms with E-state index in [1.807, 2.05) is 12.5 Å². The van der Waals surface area contributed by atoms with Crippen LogP contribution >= 0.6 is 10.6 Å². The van der Waals surface area contributed by atoms with Crippen molar-refractivity contribution in [1.29, 1.82) is 0 Å². The summed E-state index contributed by atoms with van der Waals surface area (Å²) in [4.78, 5) is 0. The molecule has 4 nitrogen and oxygen atoms in total. The molecule has 1 aliphatic rings. The van der Waals surface area contributed by atoms with Gasteiger partial charge in [-0.1, -0.05) is 0 Å². The minimum atomic E-state index is -2.14. The quantitative estimate of drug-likeness (QED) is 0.644. The summed E-state index contributed by atoms with van der Waals surface area (Å²) >= 11 is 0. The molecule has 0 unspecified atom stereocenters. The van der Waals surface area contributed by atoms with E-state index in [4.69, 9.17) is 16.0 Å². The van der Waals surface area contributed by atoms with E-state index in [0.717, 1.165) is 0 Å². The summed E-state index contributed by atoms with van der Waals surface area (Å²) in [5, 5.41) is 0. The second kappa shape index (κ2) is 4.19. The highest BCUT2D eigenvalue weighted by Crippen LogP contribution is 2.50. The van der Waals surface area contributed by atoms with Gasteiger partial charge in [0.2, 0.25) is 0 Å². The van der Waals surface area contributed by atoms with Gasteiger partial charge in [0, 0.05) is 12.5 Å². The molecule has 1 heterocycles. The topological polar surface area (TPSA) is 36.9 Å². The fraction of sp³-hybridized carbons (Fsp3) is 1.00. The van der Waals surface area contributed by atoms with Gasteiger partial charge in [-0.15, -0.1) is 0 Å². The van der Waals surface area contributed by atoms with E-state index in [-0.39, 0.29) is 0 Å². The van der Waals surface area contributed by atoms with E-state index < -0.39 is 36.3 Å². The van der Waals surface area contributed by atoms with Gasteiger partial charge in [-0.05, 0) is 39.3 Å². The number of hydrogen-bond acceptors (Lipinski definition) is 4. The van der Waals surface area contributed by atoms with Crippen molar-refractivity contribution < 1.29 is 16.0 Å². The maximum Gasteiger partial charge on any atom is 0.347 e. The molecule has 0 radical (unpaired) electrons. The Balaban J connectivity index is 2.98. The van der Waals surface area contributed by atoms with Crippen molar-refractivity contribution >= 4 is 36.3 Å². The van der Waals surface area contributed by atoms with Crippen LogP contribution in [-0.2, 0) is 16.0 Å². The van der Waals surface area contributed by atoms with E-state index in [1.54, 1.807) is 0 Å². The summed E-state index contributed by atoms with van der Waals surface area (Å²) in [5.74, 6) is 0. The van der Waals surface area contributed by atoms with Gasteiger partial charge >= 0.3 is 25.7 Å². The highest BCUT2D eigenvalue weighted by atomic mass is 32.3. The summed E-state index contributed by atoms with van der Waals surface area (Å²) < 4.78 is 24.5. The molecule has 16 heavy (non-hydrogen) atoms. The molecule has 0 N–H and O–H groups in total. The van der Waals surface area contributed by atoms with Gasteiger partial charge in [0.15, 0.2) is 0 Å². The predicted octanol–water partition coefficient (Wildman–Crippen LogP) is 3.07. The van der Waals surface area contributed by atoms with Gasteiger partial charge in [-0.3, -0.25) is 7.74 Å². The first kappa shape index (κ1) is 14.9. The van der Waals surface area contributed by atoms with Crippen LogP contribution in [0.3, 0.4) is 0 Å². The van der Waals surface area contributed by atoms with Crippen LogP contribution in [0.5, 0.6) is 0 Å². The van der Waals surface area contributed by atoms with Crippen LogP contribution in [0, 0.1) is 0 Å². The van der Waals surface area contributed by atoms with Crippen LogP contribution in [0.4, 0.5) is 0 Å². The summed E-state index contributed by atoms with van der Waals surface area (Å²) in [6, 6.07) is 0. The Morgan fingerprint density at radius 2 is 0.938 bits per heavy atom. The van der Waals surface area contributed by atoms with Crippen LogP contribution in [0.15, 0.2) is 0 Å². The minimum Gasteiger partial charge on any atom is -0.414 e. The van der Waals surface area contributed by atoms with E-state index in [0.29, 0.717) is 0 Å². The SMILES string of the molecule is C[Si]1(C)O[Si](C)(C)OS(C)(C)O[Si](C)(C)O1. The molecule has 0 aromatic rings. The Morgan fingerprint density at radius 1 is 0.625 bits per heavy atom. The monoisotopic (exact) mass is 300 g/mol. The van der Waals surface area contributed by atoms with Crippen LogP contribution in [0.25, 0.3) is 0 Å². The standard InChI is InChI=1S/C8H24O4SSi3/c1-13(2)9-14(3,4)11-16(7,8)12-15(5,6)10-13/h1-8H3. The van der Waals surface area contributed by atoms with E-state index in [2.05, 4.69) is 39.3 Å². The number of rotatable bonds is 0. The van der Waals surface area contributed by atoms with Crippen LogP contribution in [0.1, 0.15) is 0 Å². The van der Waals surface area contributed by atoms with Crippen LogP contribution in [0.2, 0.25) is 39.3 Å². The molecule has 0 aliphatic carbocycles. The normalized spacial score (nSPS) is 33.5. The fourth-order valence-corrected chi connectivity index (χ4v) is 21.3. The van der Waals surface area contributed by atoms with Crippen molar-refractivity contribution in [2.24, 2.45) is 0 Å². The van der Waals surface area contributed by atoms with Crippen molar-refractivity contribution in [1.82, 2.24) is 0 Å². The first-order valence-electron chi connectivity index (χ1n) is 5.37. The third-order valence-corrected chi connectivity index (χ3v) is 16.1. The third kappa shape index (κ3) is 4.61. The van der Waals surface area contributed by atoms with Gasteiger partial charge < -0.3 is 8.23 Å². The molecule has 8 heteroatoms. The van der Waals surface area contributed by atoms with E-state index in [1.165, 1.54) is 0 Å². The first-order chi connectivity index (χ1) is 6.83. The molecule has 1 saturated heterocycles. The van der Waals surface area contributed by atoms with Gasteiger partial charge in [-0.2, -0.15) is 0 Å². The zero-order valence-electron chi connectivity index (χ0n) is 11.5. The largest absolute Gasteiger partial charge is 0.414 e. The Kier molecular flexibility index (Phi) is 3.91. The molecule has 0 amide bonds. The van der Waals surface area contributed by atoms with E-state index in [9.17, 15) is 0 Å². The second-order valence-corrected chi connectivity index (χ2v) is 19.4. The molecule has 1 rings (SSSR count). The third-order valence-electron chi connectivity index (χ3n) is 1.79. The average molecular weight is 301 g/mol. The summed E-state index contributed by atoms with van der Waals surface area (Å²) in [6.45, 7) is 12.4. The van der Waals surface area contributed by atoms with Gasteiger partial charge in [0.1, 0.15) is 0 Å². The molecule has 0 aromatic heterocycles. The van der Waals surface area contributed by atoms with Crippen molar-refractivity contribution in [3.8, 4) is 0 Å². The lowest BCUT2D eigenvalue weighted by Crippen LogP contribution is -2.57. The highest BCUT2D eigenvalue weighted by Gasteiger charge is 2.47. The van der Waals surface area contributed by atoms with Crippen molar-refractivity contribution in [2.75, 3.05) is 12.5 Å². The second-order valence-electron chi connectivity index (χ2n) is 5.71. The Bertz CT molecular complexity index is 208. The summed E-state index contributed by atoms with van der Waals surface area (Å²) in [5.41, 5.74) is 0. The molecular formula is C8H24O4SSi3. The molecule has 0 aromatic carbocycles. The molecule has 1 aliphatic heterocycles. The van der Waals surface area contributed by atoms with Gasteiger partial charge in [0.05, 0.1) is 0 Å². The number of hydrogen-bond donors (Lipinski definition) is 0. The molecule has 0 saturated carbocycles. The van der Waals surface area contributed by atoms with Gasteiger partial charge in [-0.25, -0.2) is 10.6 Å². The van der Waals surface area contributed by atoms with Gasteiger partial charge in [0.25, 0.3) is 0 Å². The van der Waals surface area contributed by atoms with E-state index >= 15 is 0 Å². The first-order valence-corrected chi connectivity index (χ1v) is 16.1. The predicted molar refractivity (Wildman–Crippen MR) is 76.2 cm³/mol. The zero-order valence-corrected chi connectivity index (χ0v) is 15.4. The van der Waals surface area contributed by atoms with Crippen molar-refractivity contribution in [2.45, 2.75) is 39.3 Å². The zero-order chi connectivity index (χ0) is 12.8. The lowest BCUT2D eigenvalue weighted by Gasteiger charge is -2.50. The average Bonchev–Trinajstić information content (AvgIpc) is 1.67. The lowest BCUT2D eigenvalue weighted by atomic mass is 11.9. The van der Waals surface area contributed by atoms with Crippen molar-refractivity contribution in [3.05, 3.63) is 0 Å². The highest BCUT2D eigenvalue weighted by molar-refractivity contribution is 8.26. The lowest BCUT2D eigenvalue weighted by molar-refractivity contribution is 0.281. The van der Waals surface area contributed by atoms with Crippen LogP contribution < -0.4 is 0 Å². The molecule has 0 bridgehead atoms. The molecule has 1 fully saturated rings. The maximum atomic E-state index is 6.15. The minimum absolute atomic E-state index is 1.51. The Morgan fingerprint density at radius 3 is 1.25 bits per heavy atom. The molecule has 0 spiro atoms. The fourth-order valence-electron chi connectivity index (χ4n) is 2.22. The summed E-state index contributed by atoms with van der Waals surface area (Å²) in [7, 11) is -7.90.